The number of carboxylic acid groups (broad SMARTS) is 2. The first kappa shape index (κ1) is 40.0. The van der Waals surface area contributed by atoms with E-state index in [9.17, 15) is 49.0 Å². The molecule has 2 aromatic heterocycles. The number of aromatic nitrogens is 4. The number of H-pyrrole nitrogens is 1. The summed E-state index contributed by atoms with van der Waals surface area (Å²) in [5.74, 6) is -6.41. The Morgan fingerprint density at radius 1 is 1.05 bits per heavy atom. The molecule has 0 aliphatic carbocycles. The van der Waals surface area contributed by atoms with E-state index in [2.05, 4.69) is 24.0 Å². The van der Waals surface area contributed by atoms with E-state index in [4.69, 9.17) is 26.5 Å². The van der Waals surface area contributed by atoms with Crippen molar-refractivity contribution in [3.8, 4) is 0 Å². The van der Waals surface area contributed by atoms with Gasteiger partial charge in [0.15, 0.2) is 17.4 Å². The second-order valence-electron chi connectivity index (χ2n) is 8.92. The number of hydrogen-bond acceptors (Lipinski definition) is 19. The third kappa shape index (κ3) is 10.3. The molecule has 232 valence electrons. The van der Waals surface area contributed by atoms with Crippen LogP contribution >= 0.6 is 7.82 Å². The number of nitrogens with two attached hydrogens (primary N) is 3. The van der Waals surface area contributed by atoms with Gasteiger partial charge in [0.05, 0.1) is 24.9 Å². The van der Waals surface area contributed by atoms with Crippen LogP contribution in [0.3, 0.4) is 0 Å². The van der Waals surface area contributed by atoms with Crippen molar-refractivity contribution in [3.63, 3.8) is 0 Å². The van der Waals surface area contributed by atoms with Crippen LogP contribution < -0.4 is 92.1 Å². The first-order valence-corrected chi connectivity index (χ1v) is 13.4. The Labute approximate surface area is 290 Å². The molecular formula is C20H26N7Na2O14P. The summed E-state index contributed by atoms with van der Waals surface area (Å²) >= 11 is 0. The largest absolute Gasteiger partial charge is 1.00 e. The molecule has 0 bridgehead atoms. The van der Waals surface area contributed by atoms with Crippen molar-refractivity contribution in [2.45, 2.75) is 62.3 Å². The number of rotatable bonds is 14. The second-order valence-corrected chi connectivity index (χ2v) is 10.4. The molecule has 0 unspecified atom stereocenters. The Bertz CT molecular complexity index is 1420. The number of aliphatic carboxylic acids is 2. The monoisotopic (exact) mass is 665 g/mol. The summed E-state index contributed by atoms with van der Waals surface area (Å²) < 4.78 is 34.1. The zero-order valence-electron chi connectivity index (χ0n) is 23.4. The fraction of sp³-hybridized carbons (Fsp3) is 0.550. The number of carbonyl (C=O) groups excluding carboxylic acids is 4. The molecule has 3 heterocycles. The van der Waals surface area contributed by atoms with E-state index in [1.807, 2.05) is 0 Å². The molecule has 0 amide bonds. The van der Waals surface area contributed by atoms with E-state index in [0.29, 0.717) is 0 Å². The molecule has 0 spiro atoms. The number of nitrogens with one attached hydrogen (secondary N) is 1. The molecule has 2 aromatic rings. The van der Waals surface area contributed by atoms with Crippen molar-refractivity contribution >= 4 is 48.8 Å². The topological polar surface area (TPSA) is 350 Å². The molecule has 0 saturated carbocycles. The zero-order valence-corrected chi connectivity index (χ0v) is 28.3. The predicted octanol–water partition coefficient (Wildman–Crippen LogP) is -11.7. The quantitative estimate of drug-likeness (QED) is 0.0805. The van der Waals surface area contributed by atoms with E-state index in [0.717, 1.165) is 10.9 Å². The van der Waals surface area contributed by atoms with Crippen LogP contribution in [0, 0.1) is 0 Å². The number of aliphatic hydroxyl groups excluding tert-OH is 2. The summed E-state index contributed by atoms with van der Waals surface area (Å²) in [5, 5.41) is 42.6. The molecule has 3 rings (SSSR count). The van der Waals surface area contributed by atoms with Crippen LogP contribution in [0.5, 0.6) is 0 Å². The molecule has 21 nitrogen and oxygen atoms in total. The maximum Gasteiger partial charge on any atom is 1.00 e. The molecule has 1 aliphatic rings. The summed E-state index contributed by atoms with van der Waals surface area (Å²) in [6, 6.07) is -3.18. The number of carboxylic acids is 2. The standard InChI is InChI=1S/C20H28N7O14P.2Na/c21-7(18(33)34)1-3-10(28)40-42(37,41-11(29)4-2-8(22)19(35)36)38-5-9-13(30)14(31)17(39-9)27-6-24-12-15(27)25-20(23)26-16(12)32;;/h6-9,13-14,17,30-31H,1-5,21-22H2,(H,33,34)(H,35,36)(H3,23,25,26,32);;/q;2*+1/p-2/t7-,8-,9+,13+,14+,17+;;/m0../s1. The van der Waals surface area contributed by atoms with Gasteiger partial charge >= 0.3 is 78.9 Å². The third-order valence-corrected chi connectivity index (χ3v) is 7.13. The van der Waals surface area contributed by atoms with E-state index in [-0.39, 0.29) is 76.2 Å². The van der Waals surface area contributed by atoms with Crippen molar-refractivity contribution in [3.05, 3.63) is 16.7 Å². The van der Waals surface area contributed by atoms with Gasteiger partial charge in [-0.1, -0.05) is 0 Å². The number of phosphoric ester groups is 1. The molecule has 1 fully saturated rings. The number of carbonyl (C=O) groups is 4. The van der Waals surface area contributed by atoms with Gasteiger partial charge in [-0.2, -0.15) is 4.98 Å². The fourth-order valence-electron chi connectivity index (χ4n) is 3.59. The second kappa shape index (κ2) is 17.1. The molecule has 6 atom stereocenters. The van der Waals surface area contributed by atoms with E-state index in [1.54, 1.807) is 0 Å². The Kier molecular flexibility index (Phi) is 15.5. The van der Waals surface area contributed by atoms with Gasteiger partial charge in [-0.15, -0.1) is 0 Å². The van der Waals surface area contributed by atoms with Gasteiger partial charge in [0.1, 0.15) is 18.3 Å². The number of nitrogen functional groups attached to an aromatic ring is 1. The summed E-state index contributed by atoms with van der Waals surface area (Å²) in [6.45, 7) is -0.938. The number of ether oxygens (including phenoxy) is 1. The third-order valence-electron chi connectivity index (χ3n) is 5.81. The Morgan fingerprint density at radius 2 is 1.57 bits per heavy atom. The smallest absolute Gasteiger partial charge is 0.548 e. The van der Waals surface area contributed by atoms with Crippen LogP contribution in [0.2, 0.25) is 0 Å². The number of aliphatic hydroxyl groups is 2. The van der Waals surface area contributed by atoms with E-state index in [1.165, 1.54) is 0 Å². The average molecular weight is 665 g/mol. The number of aromatic amines is 1. The Balaban J connectivity index is 0.00000484. The summed E-state index contributed by atoms with van der Waals surface area (Å²) in [6.07, 6.45) is -7.86. The van der Waals surface area contributed by atoms with Crippen molar-refractivity contribution in [2.24, 2.45) is 11.5 Å². The van der Waals surface area contributed by atoms with Crippen LogP contribution in [0.15, 0.2) is 11.1 Å². The number of nitrogens with zero attached hydrogens (tertiary/aromatic N) is 3. The van der Waals surface area contributed by atoms with Gasteiger partial charge in [0, 0.05) is 24.9 Å². The van der Waals surface area contributed by atoms with Gasteiger partial charge in [-0.25, -0.2) is 9.55 Å². The molecule has 9 N–H and O–H groups in total. The van der Waals surface area contributed by atoms with Gasteiger partial charge in [-0.05, 0) is 12.8 Å². The maximum absolute atomic E-state index is 13.2. The molecular weight excluding hydrogens is 639 g/mol. The number of phosphoric acid groups is 1. The number of hydrogen-bond donors (Lipinski definition) is 6. The molecule has 44 heavy (non-hydrogen) atoms. The summed E-state index contributed by atoms with van der Waals surface area (Å²) in [4.78, 5) is 68.0. The van der Waals surface area contributed by atoms with Gasteiger partial charge in [0.25, 0.3) is 5.56 Å². The summed E-state index contributed by atoms with van der Waals surface area (Å²) in [5.41, 5.74) is 15.1. The Morgan fingerprint density at radius 3 is 2.07 bits per heavy atom. The fourth-order valence-corrected chi connectivity index (χ4v) is 4.74. The molecule has 1 aliphatic heterocycles. The normalized spacial score (nSPS) is 21.0. The minimum atomic E-state index is -5.20. The van der Waals surface area contributed by atoms with Crippen molar-refractivity contribution < 1.29 is 122 Å². The number of anilines is 1. The predicted molar refractivity (Wildman–Crippen MR) is 129 cm³/mol. The molecule has 0 aromatic carbocycles. The van der Waals surface area contributed by atoms with Gasteiger partial charge < -0.3 is 61.0 Å². The number of imidazole rings is 1. The van der Waals surface area contributed by atoms with Crippen LogP contribution in [-0.2, 0) is 42.1 Å². The van der Waals surface area contributed by atoms with Gasteiger partial charge in [0.2, 0.25) is 5.95 Å². The minimum absolute atomic E-state index is 0. The van der Waals surface area contributed by atoms with E-state index >= 15 is 0 Å². The minimum Gasteiger partial charge on any atom is -0.548 e. The van der Waals surface area contributed by atoms with Crippen molar-refractivity contribution in [1.29, 1.82) is 0 Å². The van der Waals surface area contributed by atoms with Gasteiger partial charge in [-0.3, -0.25) is 28.5 Å². The van der Waals surface area contributed by atoms with Crippen molar-refractivity contribution in [1.82, 2.24) is 19.5 Å². The van der Waals surface area contributed by atoms with Crippen molar-refractivity contribution in [2.75, 3.05) is 12.3 Å². The van der Waals surface area contributed by atoms with Crippen LogP contribution in [-0.4, -0.2) is 90.6 Å². The van der Waals surface area contributed by atoms with Crippen LogP contribution in [0.25, 0.3) is 11.2 Å². The molecule has 1 saturated heterocycles. The maximum atomic E-state index is 13.2. The average Bonchev–Trinajstić information content (AvgIpc) is 3.44. The van der Waals surface area contributed by atoms with Crippen LogP contribution in [0.1, 0.15) is 31.9 Å². The SMILES string of the molecule is Nc1nc2c(ncn2[C@@H]2O[C@H](COP(=O)(OC(=O)CC[C@H](N)C(=O)[O-])OC(=O)CC[C@H](N)C(=O)[O-])[C@@H](O)[C@H]2O)c(=O)[nH]1.[Na+].[Na+]. The molecule has 24 heteroatoms. The first-order valence-electron chi connectivity index (χ1n) is 12.0. The Hall–Kier alpha value is -1.98. The van der Waals surface area contributed by atoms with Crippen LogP contribution in [0.4, 0.5) is 5.95 Å². The number of fused-ring (bicyclic) bond motifs is 1. The summed E-state index contributed by atoms with van der Waals surface area (Å²) in [7, 11) is -5.20. The zero-order chi connectivity index (χ0) is 31.4. The molecule has 0 radical (unpaired) electrons. The van der Waals surface area contributed by atoms with E-state index < -0.39 is 106 Å². The first-order chi connectivity index (χ1) is 19.6.